The maximum Gasteiger partial charge on any atom is 0.417 e. The zero-order chi connectivity index (χ0) is 15.9. The fraction of sp³-hybridized carbons (Fsp3) is 0.615. The van der Waals surface area contributed by atoms with Gasteiger partial charge in [0.15, 0.2) is 6.10 Å². The van der Waals surface area contributed by atoms with Gasteiger partial charge in [0.05, 0.1) is 12.3 Å². The van der Waals surface area contributed by atoms with Gasteiger partial charge >= 0.3 is 6.18 Å². The Morgan fingerprint density at radius 1 is 1.38 bits per heavy atom. The number of aromatic nitrogens is 1. The van der Waals surface area contributed by atoms with E-state index >= 15 is 0 Å². The summed E-state index contributed by atoms with van der Waals surface area (Å²) >= 11 is 0. The standard InChI is InChI=1S/C13H19F3N2O3/c1-9-3-4-11(21-8-12(19)13(14,15)16)10(18-9)7-17-5-6-20-2/h3-4,12,17,19H,5-8H2,1-2H3. The third kappa shape index (κ3) is 6.28. The van der Waals surface area contributed by atoms with Gasteiger partial charge in [-0.25, -0.2) is 0 Å². The van der Waals surface area contributed by atoms with E-state index in [1.54, 1.807) is 26.2 Å². The van der Waals surface area contributed by atoms with E-state index < -0.39 is 18.9 Å². The predicted molar refractivity (Wildman–Crippen MR) is 70.1 cm³/mol. The Labute approximate surface area is 121 Å². The zero-order valence-corrected chi connectivity index (χ0v) is 11.9. The molecular weight excluding hydrogens is 289 g/mol. The summed E-state index contributed by atoms with van der Waals surface area (Å²) in [5, 5.41) is 12.0. The topological polar surface area (TPSA) is 63.6 Å². The Balaban J connectivity index is 2.64. The molecule has 0 amide bonds. The van der Waals surface area contributed by atoms with E-state index in [1.165, 1.54) is 0 Å². The molecule has 0 fully saturated rings. The van der Waals surface area contributed by atoms with E-state index in [1.807, 2.05) is 0 Å². The molecule has 1 atom stereocenters. The molecule has 0 saturated carbocycles. The number of aliphatic hydroxyl groups excluding tert-OH is 1. The molecule has 1 aromatic heterocycles. The van der Waals surface area contributed by atoms with Crippen LogP contribution in [0.15, 0.2) is 12.1 Å². The Hall–Kier alpha value is -1.38. The molecule has 8 heteroatoms. The highest BCUT2D eigenvalue weighted by Crippen LogP contribution is 2.22. The highest BCUT2D eigenvalue weighted by atomic mass is 19.4. The van der Waals surface area contributed by atoms with Crippen molar-refractivity contribution in [3.8, 4) is 5.75 Å². The normalized spacial score (nSPS) is 13.2. The quantitative estimate of drug-likeness (QED) is 0.711. The Kier molecular flexibility index (Phi) is 6.86. The molecule has 0 aromatic carbocycles. The maximum atomic E-state index is 12.2. The van der Waals surface area contributed by atoms with E-state index in [9.17, 15) is 13.2 Å². The number of pyridine rings is 1. The van der Waals surface area contributed by atoms with Crippen LogP contribution in [0.4, 0.5) is 13.2 Å². The molecule has 21 heavy (non-hydrogen) atoms. The molecule has 1 aromatic rings. The first-order chi connectivity index (χ1) is 9.84. The SMILES string of the molecule is COCCNCc1nc(C)ccc1OCC(O)C(F)(F)F. The van der Waals surface area contributed by atoms with Crippen LogP contribution >= 0.6 is 0 Å². The summed E-state index contributed by atoms with van der Waals surface area (Å²) in [6.45, 7) is 2.33. The van der Waals surface area contributed by atoms with Crippen LogP contribution < -0.4 is 10.1 Å². The molecule has 1 heterocycles. The summed E-state index contributed by atoms with van der Waals surface area (Å²) in [5.74, 6) is 0.216. The van der Waals surface area contributed by atoms with E-state index in [0.717, 1.165) is 5.69 Å². The maximum absolute atomic E-state index is 12.2. The minimum absolute atomic E-state index is 0.216. The van der Waals surface area contributed by atoms with Gasteiger partial charge in [0.1, 0.15) is 12.4 Å². The molecule has 0 aliphatic rings. The second kappa shape index (κ2) is 8.16. The number of hydrogen-bond donors (Lipinski definition) is 2. The van der Waals surface area contributed by atoms with Gasteiger partial charge in [-0.1, -0.05) is 0 Å². The van der Waals surface area contributed by atoms with Crippen molar-refractivity contribution in [1.29, 1.82) is 0 Å². The predicted octanol–water partition coefficient (Wildman–Crippen LogP) is 1.43. The average molecular weight is 308 g/mol. The van der Waals surface area contributed by atoms with Gasteiger partial charge < -0.3 is 19.9 Å². The van der Waals surface area contributed by atoms with Crippen LogP contribution in [0, 0.1) is 6.92 Å². The molecule has 1 unspecified atom stereocenters. The Morgan fingerprint density at radius 2 is 2.10 bits per heavy atom. The van der Waals surface area contributed by atoms with E-state index in [2.05, 4.69) is 10.3 Å². The first-order valence-corrected chi connectivity index (χ1v) is 6.38. The molecule has 0 radical (unpaired) electrons. The first-order valence-electron chi connectivity index (χ1n) is 6.38. The van der Waals surface area contributed by atoms with E-state index in [4.69, 9.17) is 14.6 Å². The van der Waals surface area contributed by atoms with Crippen LogP contribution in [0.3, 0.4) is 0 Å². The van der Waals surface area contributed by atoms with Crippen LogP contribution in [0.25, 0.3) is 0 Å². The molecule has 0 aliphatic heterocycles. The van der Waals surface area contributed by atoms with Gasteiger partial charge in [0, 0.05) is 25.9 Å². The highest BCUT2D eigenvalue weighted by Gasteiger charge is 2.38. The summed E-state index contributed by atoms with van der Waals surface area (Å²) in [7, 11) is 1.57. The van der Waals surface area contributed by atoms with Gasteiger partial charge in [-0.05, 0) is 19.1 Å². The number of alkyl halides is 3. The summed E-state index contributed by atoms with van der Waals surface area (Å²) in [6.07, 6.45) is -7.22. The lowest BCUT2D eigenvalue weighted by Gasteiger charge is -2.17. The fourth-order valence-electron chi connectivity index (χ4n) is 1.50. The zero-order valence-electron chi connectivity index (χ0n) is 11.9. The first kappa shape index (κ1) is 17.7. The Morgan fingerprint density at radius 3 is 2.71 bits per heavy atom. The molecule has 0 spiro atoms. The summed E-state index contributed by atoms with van der Waals surface area (Å²) < 4.78 is 46.6. The number of rotatable bonds is 8. The van der Waals surface area contributed by atoms with Crippen molar-refractivity contribution in [3.63, 3.8) is 0 Å². The van der Waals surface area contributed by atoms with Gasteiger partial charge in [-0.2, -0.15) is 13.2 Å². The molecule has 0 aliphatic carbocycles. The van der Waals surface area contributed by atoms with Crippen molar-refractivity contribution in [2.45, 2.75) is 25.7 Å². The lowest BCUT2D eigenvalue weighted by atomic mass is 10.2. The minimum Gasteiger partial charge on any atom is -0.489 e. The number of aryl methyl sites for hydroxylation is 1. The fourth-order valence-corrected chi connectivity index (χ4v) is 1.50. The summed E-state index contributed by atoms with van der Waals surface area (Å²) in [6, 6.07) is 3.17. The number of aliphatic hydroxyl groups is 1. The summed E-state index contributed by atoms with van der Waals surface area (Å²) in [4.78, 5) is 4.22. The molecule has 1 rings (SSSR count). The van der Waals surface area contributed by atoms with Crippen molar-refractivity contribution in [2.75, 3.05) is 26.9 Å². The van der Waals surface area contributed by atoms with Crippen molar-refractivity contribution >= 4 is 0 Å². The van der Waals surface area contributed by atoms with Crippen LogP contribution in [-0.2, 0) is 11.3 Å². The molecule has 0 bridgehead atoms. The van der Waals surface area contributed by atoms with Crippen molar-refractivity contribution in [1.82, 2.24) is 10.3 Å². The van der Waals surface area contributed by atoms with E-state index in [0.29, 0.717) is 25.4 Å². The number of nitrogens with zero attached hydrogens (tertiary/aromatic N) is 1. The number of halogens is 3. The Bertz CT molecular complexity index is 441. The van der Waals surface area contributed by atoms with Crippen molar-refractivity contribution < 1.29 is 27.8 Å². The van der Waals surface area contributed by atoms with Crippen molar-refractivity contribution in [3.05, 3.63) is 23.5 Å². The summed E-state index contributed by atoms with van der Waals surface area (Å²) in [5.41, 5.74) is 1.21. The van der Waals surface area contributed by atoms with Crippen molar-refractivity contribution in [2.24, 2.45) is 0 Å². The molecule has 5 nitrogen and oxygen atoms in total. The van der Waals surface area contributed by atoms with Crippen LogP contribution in [0.5, 0.6) is 5.75 Å². The largest absolute Gasteiger partial charge is 0.489 e. The number of hydrogen-bond acceptors (Lipinski definition) is 5. The number of methoxy groups -OCH3 is 1. The van der Waals surface area contributed by atoms with E-state index in [-0.39, 0.29) is 5.75 Å². The van der Waals surface area contributed by atoms with Crippen LogP contribution in [0.2, 0.25) is 0 Å². The lowest BCUT2D eigenvalue weighted by molar-refractivity contribution is -0.210. The molecule has 0 saturated heterocycles. The van der Waals surface area contributed by atoms with Crippen LogP contribution in [0.1, 0.15) is 11.4 Å². The van der Waals surface area contributed by atoms with Gasteiger partial charge in [-0.3, -0.25) is 4.98 Å². The average Bonchev–Trinajstić information content (AvgIpc) is 2.41. The lowest BCUT2D eigenvalue weighted by Crippen LogP contribution is -2.34. The van der Waals surface area contributed by atoms with Crippen LogP contribution in [-0.4, -0.2) is 49.2 Å². The molecular formula is C13H19F3N2O3. The molecule has 120 valence electrons. The molecule has 2 N–H and O–H groups in total. The minimum atomic E-state index is -4.70. The van der Waals surface area contributed by atoms with Gasteiger partial charge in [0.25, 0.3) is 0 Å². The third-order valence-corrected chi connectivity index (χ3v) is 2.62. The van der Waals surface area contributed by atoms with Gasteiger partial charge in [-0.15, -0.1) is 0 Å². The van der Waals surface area contributed by atoms with Gasteiger partial charge in [0.2, 0.25) is 0 Å². The monoisotopic (exact) mass is 308 g/mol. The third-order valence-electron chi connectivity index (χ3n) is 2.62. The number of ether oxygens (including phenoxy) is 2. The second-order valence-corrected chi connectivity index (χ2v) is 4.44. The second-order valence-electron chi connectivity index (χ2n) is 4.44. The highest BCUT2D eigenvalue weighted by molar-refractivity contribution is 5.29. The smallest absolute Gasteiger partial charge is 0.417 e. The number of nitrogens with one attached hydrogen (secondary N) is 1.